The van der Waals surface area contributed by atoms with E-state index in [1.807, 2.05) is 35.2 Å². The molecule has 0 atom stereocenters. The van der Waals surface area contributed by atoms with E-state index in [1.165, 1.54) is 6.42 Å². The minimum absolute atomic E-state index is 0.00998. The van der Waals surface area contributed by atoms with Gasteiger partial charge in [0.1, 0.15) is 5.69 Å². The summed E-state index contributed by atoms with van der Waals surface area (Å²) in [6.45, 7) is 1.92. The number of carbonyl (C=O) groups is 1. The van der Waals surface area contributed by atoms with E-state index >= 15 is 0 Å². The average Bonchev–Trinajstić information content (AvgIpc) is 2.95. The second-order valence-corrected chi connectivity index (χ2v) is 6.65. The van der Waals surface area contributed by atoms with Crippen molar-refractivity contribution < 1.29 is 9.53 Å². The summed E-state index contributed by atoms with van der Waals surface area (Å²) >= 11 is 5.37. The van der Waals surface area contributed by atoms with E-state index in [2.05, 4.69) is 4.98 Å². The maximum atomic E-state index is 13.0. The number of amides is 1. The van der Waals surface area contributed by atoms with E-state index in [0.717, 1.165) is 18.5 Å². The third-order valence-electron chi connectivity index (χ3n) is 4.81. The van der Waals surface area contributed by atoms with Gasteiger partial charge in [0.15, 0.2) is 4.77 Å². The minimum atomic E-state index is -0.0986. The molecule has 1 saturated carbocycles. The zero-order valence-electron chi connectivity index (χ0n) is 12.8. The molecule has 1 aromatic heterocycles. The van der Waals surface area contributed by atoms with Crippen LogP contribution in [-0.2, 0) is 4.74 Å². The van der Waals surface area contributed by atoms with Gasteiger partial charge in [0.2, 0.25) is 0 Å². The van der Waals surface area contributed by atoms with Crippen molar-refractivity contribution in [3.8, 4) is 5.69 Å². The molecule has 0 bridgehead atoms. The number of ether oxygens (including phenoxy) is 1. The first-order valence-electron chi connectivity index (χ1n) is 7.98. The van der Waals surface area contributed by atoms with Gasteiger partial charge in [-0.15, -0.1) is 0 Å². The number of morpholine rings is 1. The molecule has 1 saturated heterocycles. The molecule has 4 rings (SSSR count). The third-order valence-corrected chi connectivity index (χ3v) is 5.11. The van der Waals surface area contributed by atoms with E-state index in [1.54, 1.807) is 10.8 Å². The molecular formula is C17H19N3O2S. The van der Waals surface area contributed by atoms with Crippen molar-refractivity contribution in [3.63, 3.8) is 0 Å². The quantitative estimate of drug-likeness (QED) is 0.862. The maximum absolute atomic E-state index is 13.0. The normalized spacial score (nSPS) is 19.6. The van der Waals surface area contributed by atoms with E-state index in [4.69, 9.17) is 17.0 Å². The van der Waals surface area contributed by atoms with Gasteiger partial charge in [0.05, 0.1) is 18.8 Å². The predicted molar refractivity (Wildman–Crippen MR) is 89.4 cm³/mol. The number of benzene rings is 1. The first-order valence-corrected chi connectivity index (χ1v) is 8.38. The molecule has 23 heavy (non-hydrogen) atoms. The summed E-state index contributed by atoms with van der Waals surface area (Å²) in [6, 6.07) is 9.73. The number of imidazole rings is 1. The summed E-state index contributed by atoms with van der Waals surface area (Å²) in [5, 5.41) is 0. The van der Waals surface area contributed by atoms with E-state index in [-0.39, 0.29) is 11.5 Å². The Morgan fingerprint density at radius 3 is 2.74 bits per heavy atom. The van der Waals surface area contributed by atoms with Gasteiger partial charge in [-0.25, -0.2) is 0 Å². The van der Waals surface area contributed by atoms with Gasteiger partial charge in [-0.3, -0.25) is 9.36 Å². The Kier molecular flexibility index (Phi) is 3.58. The van der Waals surface area contributed by atoms with Gasteiger partial charge in [-0.2, -0.15) is 0 Å². The molecule has 1 aliphatic heterocycles. The molecule has 2 heterocycles. The van der Waals surface area contributed by atoms with Gasteiger partial charge in [0.25, 0.3) is 5.91 Å². The van der Waals surface area contributed by atoms with Crippen LogP contribution in [0.5, 0.6) is 0 Å². The van der Waals surface area contributed by atoms with E-state index in [9.17, 15) is 4.79 Å². The molecule has 1 amide bonds. The molecule has 1 spiro atoms. The standard InChI is InChI=1S/C17H19N3O2S/c21-15(19-9-10-22-17(12-19)7-4-8-17)14-11-18-16(23)20(14)13-5-2-1-3-6-13/h1-3,5-6,11H,4,7-10,12H2,(H,18,23). The van der Waals surface area contributed by atoms with Crippen molar-refractivity contribution in [1.82, 2.24) is 14.5 Å². The fourth-order valence-electron chi connectivity index (χ4n) is 3.41. The second-order valence-electron chi connectivity index (χ2n) is 6.26. The number of hydrogen-bond donors (Lipinski definition) is 1. The summed E-state index contributed by atoms with van der Waals surface area (Å²) in [7, 11) is 0. The summed E-state index contributed by atoms with van der Waals surface area (Å²) in [6.07, 6.45) is 5.00. The molecular weight excluding hydrogens is 310 g/mol. The van der Waals surface area contributed by atoms with E-state index < -0.39 is 0 Å². The van der Waals surface area contributed by atoms with Crippen molar-refractivity contribution >= 4 is 18.1 Å². The second kappa shape index (κ2) is 5.62. The zero-order chi connectivity index (χ0) is 15.9. The molecule has 2 aliphatic rings. The van der Waals surface area contributed by atoms with Crippen LogP contribution < -0.4 is 0 Å². The number of nitrogens with one attached hydrogen (secondary N) is 1. The maximum Gasteiger partial charge on any atom is 0.272 e. The highest BCUT2D eigenvalue weighted by atomic mass is 32.1. The number of rotatable bonds is 2. The number of H-pyrrole nitrogens is 1. The van der Waals surface area contributed by atoms with Crippen LogP contribution in [0.25, 0.3) is 5.69 Å². The first-order chi connectivity index (χ1) is 11.2. The monoisotopic (exact) mass is 329 g/mol. The fourth-order valence-corrected chi connectivity index (χ4v) is 3.68. The van der Waals surface area contributed by atoms with Crippen LogP contribution in [0.3, 0.4) is 0 Å². The van der Waals surface area contributed by atoms with Crippen LogP contribution in [0.2, 0.25) is 0 Å². The van der Waals surface area contributed by atoms with Crippen LogP contribution in [0.1, 0.15) is 29.8 Å². The Labute approximate surface area is 139 Å². The molecule has 2 fully saturated rings. The molecule has 1 N–H and O–H groups in total. The van der Waals surface area contributed by atoms with Gasteiger partial charge < -0.3 is 14.6 Å². The van der Waals surface area contributed by atoms with Gasteiger partial charge in [0, 0.05) is 18.4 Å². The Bertz CT molecular complexity index is 777. The van der Waals surface area contributed by atoms with Crippen LogP contribution in [0, 0.1) is 4.77 Å². The first kappa shape index (κ1) is 14.7. The van der Waals surface area contributed by atoms with Crippen LogP contribution in [0.4, 0.5) is 0 Å². The zero-order valence-corrected chi connectivity index (χ0v) is 13.6. The van der Waals surface area contributed by atoms with Crippen LogP contribution in [0.15, 0.2) is 36.5 Å². The lowest BCUT2D eigenvalue weighted by Crippen LogP contribution is -2.57. The summed E-state index contributed by atoms with van der Waals surface area (Å²) in [5.74, 6) is 0.00998. The largest absolute Gasteiger partial charge is 0.371 e. The Morgan fingerprint density at radius 1 is 1.26 bits per heavy atom. The molecule has 120 valence electrons. The van der Waals surface area contributed by atoms with Crippen LogP contribution in [-0.4, -0.2) is 45.7 Å². The van der Waals surface area contributed by atoms with Crippen LogP contribution >= 0.6 is 12.2 Å². The minimum Gasteiger partial charge on any atom is -0.371 e. The topological polar surface area (TPSA) is 50.3 Å². The predicted octanol–water partition coefficient (Wildman–Crippen LogP) is 2.93. The number of aromatic nitrogens is 2. The van der Waals surface area contributed by atoms with Crippen molar-refractivity contribution in [2.75, 3.05) is 19.7 Å². The lowest BCUT2D eigenvalue weighted by atomic mass is 9.79. The highest BCUT2D eigenvalue weighted by Crippen LogP contribution is 2.38. The molecule has 1 aromatic carbocycles. The number of nitrogens with zero attached hydrogens (tertiary/aromatic N) is 2. The molecule has 1 aliphatic carbocycles. The lowest BCUT2D eigenvalue weighted by Gasteiger charge is -2.48. The van der Waals surface area contributed by atoms with Gasteiger partial charge in [-0.1, -0.05) is 18.2 Å². The molecule has 6 heteroatoms. The Hall–Kier alpha value is -1.92. The fraction of sp³-hybridized carbons (Fsp3) is 0.412. The summed E-state index contributed by atoms with van der Waals surface area (Å²) in [4.78, 5) is 17.9. The Balaban J connectivity index is 1.66. The highest BCUT2D eigenvalue weighted by molar-refractivity contribution is 7.71. The van der Waals surface area contributed by atoms with Crippen molar-refractivity contribution in [1.29, 1.82) is 0 Å². The van der Waals surface area contributed by atoms with Crippen molar-refractivity contribution in [3.05, 3.63) is 47.0 Å². The van der Waals surface area contributed by atoms with E-state index in [0.29, 0.717) is 30.2 Å². The number of carbonyl (C=O) groups excluding carboxylic acids is 1. The number of aromatic amines is 1. The summed E-state index contributed by atoms with van der Waals surface area (Å²) in [5.41, 5.74) is 1.38. The van der Waals surface area contributed by atoms with Gasteiger partial charge >= 0.3 is 0 Å². The lowest BCUT2D eigenvalue weighted by molar-refractivity contribution is -0.142. The summed E-state index contributed by atoms with van der Waals surface area (Å²) < 4.78 is 8.25. The van der Waals surface area contributed by atoms with Crippen molar-refractivity contribution in [2.45, 2.75) is 24.9 Å². The molecule has 0 unspecified atom stereocenters. The Morgan fingerprint density at radius 2 is 2.04 bits per heavy atom. The highest BCUT2D eigenvalue weighted by Gasteiger charge is 2.43. The number of hydrogen-bond acceptors (Lipinski definition) is 3. The molecule has 2 aromatic rings. The molecule has 0 radical (unpaired) electrons. The number of para-hydroxylation sites is 1. The molecule has 5 nitrogen and oxygen atoms in total. The van der Waals surface area contributed by atoms with Gasteiger partial charge in [-0.05, 0) is 43.6 Å². The van der Waals surface area contributed by atoms with Crippen molar-refractivity contribution in [2.24, 2.45) is 0 Å². The third kappa shape index (κ3) is 2.52. The SMILES string of the molecule is O=C(c1c[nH]c(=S)n1-c1ccccc1)N1CCOC2(CCC2)C1. The smallest absolute Gasteiger partial charge is 0.272 e. The average molecular weight is 329 g/mol.